The summed E-state index contributed by atoms with van der Waals surface area (Å²) < 4.78 is 52.0. The fourth-order valence-corrected chi connectivity index (χ4v) is 4.25. The third-order valence-electron chi connectivity index (χ3n) is 3.34. The molecule has 0 aliphatic rings. The lowest BCUT2D eigenvalue weighted by atomic mass is 10.2. The van der Waals surface area contributed by atoms with Crippen molar-refractivity contribution in [3.05, 3.63) is 24.3 Å². The molecular weight excluding hydrogens is 356 g/mol. The maximum absolute atomic E-state index is 12.4. The second-order valence-electron chi connectivity index (χ2n) is 5.39. The third-order valence-corrected chi connectivity index (χ3v) is 6.65. The number of benzene rings is 1. The molecule has 0 bridgehead atoms. The van der Waals surface area contributed by atoms with Gasteiger partial charge in [-0.15, -0.1) is 0 Å². The smallest absolute Gasteiger partial charge is 0.307 e. The van der Waals surface area contributed by atoms with Crippen LogP contribution in [0.15, 0.2) is 34.1 Å². The Labute approximate surface area is 142 Å². The molecule has 0 amide bonds. The number of sulfonamides is 2. The molecule has 2 N–H and O–H groups in total. The average molecular weight is 378 g/mol. The van der Waals surface area contributed by atoms with E-state index in [0.29, 0.717) is 6.42 Å². The average Bonchev–Trinajstić information content (AvgIpc) is 2.52. The van der Waals surface area contributed by atoms with Crippen LogP contribution in [0.3, 0.4) is 0 Å². The number of nitrogens with zero attached hydrogens (tertiary/aromatic N) is 1. The molecule has 0 aliphatic heterocycles. The molecule has 0 aliphatic carbocycles. The Morgan fingerprint density at radius 1 is 1.17 bits per heavy atom. The van der Waals surface area contributed by atoms with E-state index >= 15 is 0 Å². The molecule has 1 aromatic carbocycles. The van der Waals surface area contributed by atoms with Gasteiger partial charge in [-0.2, -0.15) is 0 Å². The summed E-state index contributed by atoms with van der Waals surface area (Å²) in [6, 6.07) is 4.80. The van der Waals surface area contributed by atoms with Gasteiger partial charge in [0.2, 0.25) is 20.0 Å². The highest BCUT2D eigenvalue weighted by molar-refractivity contribution is 7.89. The Balaban J connectivity index is 3.01. The first-order chi connectivity index (χ1) is 11.0. The summed E-state index contributed by atoms with van der Waals surface area (Å²) >= 11 is 0. The molecule has 1 rings (SSSR count). The minimum absolute atomic E-state index is 0.0311. The van der Waals surface area contributed by atoms with Crippen molar-refractivity contribution in [1.29, 1.82) is 0 Å². The fourth-order valence-electron chi connectivity index (χ4n) is 1.85. The molecule has 136 valence electrons. The van der Waals surface area contributed by atoms with Crippen LogP contribution < -0.4 is 4.72 Å². The highest BCUT2D eigenvalue weighted by Gasteiger charge is 2.25. The normalized spacial score (nSPS) is 13.8. The molecule has 8 nitrogen and oxygen atoms in total. The van der Waals surface area contributed by atoms with E-state index in [4.69, 9.17) is 5.11 Å². The van der Waals surface area contributed by atoms with Crippen LogP contribution in [0.2, 0.25) is 0 Å². The number of carboxylic acid groups (broad SMARTS) is 1. The lowest BCUT2D eigenvalue weighted by Gasteiger charge is -2.19. The van der Waals surface area contributed by atoms with E-state index < -0.39 is 31.9 Å². The van der Waals surface area contributed by atoms with E-state index in [1.54, 1.807) is 0 Å². The van der Waals surface area contributed by atoms with Crippen LogP contribution in [0.25, 0.3) is 0 Å². The van der Waals surface area contributed by atoms with E-state index in [1.807, 2.05) is 6.92 Å². The molecule has 0 radical (unpaired) electrons. The number of hydrogen-bond acceptors (Lipinski definition) is 5. The summed E-state index contributed by atoms with van der Waals surface area (Å²) in [5.41, 5.74) is 0. The van der Waals surface area contributed by atoms with Gasteiger partial charge in [0.15, 0.2) is 0 Å². The van der Waals surface area contributed by atoms with Crippen molar-refractivity contribution in [3.8, 4) is 0 Å². The van der Waals surface area contributed by atoms with Crippen LogP contribution >= 0.6 is 0 Å². The highest BCUT2D eigenvalue weighted by atomic mass is 32.2. The molecule has 10 heteroatoms. The lowest BCUT2D eigenvalue weighted by Crippen LogP contribution is -2.33. The SMILES string of the molecule is CCCNS(=O)(=O)c1ccc(S(=O)(=O)N(C)CC(C)C(=O)O)cc1. The van der Waals surface area contributed by atoms with Gasteiger partial charge in [0.1, 0.15) is 0 Å². The molecule has 1 aromatic rings. The number of rotatable bonds is 9. The fraction of sp³-hybridized carbons (Fsp3) is 0.500. The second-order valence-corrected chi connectivity index (χ2v) is 9.21. The topological polar surface area (TPSA) is 121 Å². The van der Waals surface area contributed by atoms with Crippen molar-refractivity contribution >= 4 is 26.0 Å². The van der Waals surface area contributed by atoms with Crippen LogP contribution in [0.4, 0.5) is 0 Å². The largest absolute Gasteiger partial charge is 0.481 e. The molecule has 0 saturated heterocycles. The Hall–Kier alpha value is -1.49. The molecular formula is C14H22N2O6S2. The van der Waals surface area contributed by atoms with Crippen LogP contribution in [0, 0.1) is 5.92 Å². The van der Waals surface area contributed by atoms with Crippen LogP contribution in [-0.4, -0.2) is 52.4 Å². The van der Waals surface area contributed by atoms with Crippen LogP contribution in [-0.2, 0) is 24.8 Å². The molecule has 0 aromatic heterocycles. The van der Waals surface area contributed by atoms with Crippen molar-refractivity contribution in [2.75, 3.05) is 20.1 Å². The standard InChI is InChI=1S/C14H22N2O6S2/c1-4-9-15-23(19,20)12-5-7-13(8-6-12)24(21,22)16(3)10-11(2)14(17)18/h5-8,11,15H,4,9-10H2,1-3H3,(H,17,18). The summed E-state index contributed by atoms with van der Waals surface area (Å²) in [5.74, 6) is -1.96. The second kappa shape index (κ2) is 8.06. The van der Waals surface area contributed by atoms with Gasteiger partial charge in [0, 0.05) is 20.1 Å². The van der Waals surface area contributed by atoms with E-state index in [2.05, 4.69) is 4.72 Å². The quantitative estimate of drug-likeness (QED) is 0.653. The van der Waals surface area contributed by atoms with Gasteiger partial charge in [0.05, 0.1) is 15.7 Å². The van der Waals surface area contributed by atoms with Gasteiger partial charge in [-0.25, -0.2) is 25.9 Å². The molecule has 0 fully saturated rings. The minimum atomic E-state index is -3.89. The Morgan fingerprint density at radius 3 is 2.12 bits per heavy atom. The summed E-state index contributed by atoms with van der Waals surface area (Å²) in [7, 11) is -6.28. The summed E-state index contributed by atoms with van der Waals surface area (Å²) in [6.07, 6.45) is 0.637. The molecule has 0 spiro atoms. The summed E-state index contributed by atoms with van der Waals surface area (Å²) in [4.78, 5) is 10.7. The highest BCUT2D eigenvalue weighted by Crippen LogP contribution is 2.18. The zero-order valence-electron chi connectivity index (χ0n) is 13.8. The number of carbonyl (C=O) groups is 1. The number of hydrogen-bond donors (Lipinski definition) is 2. The lowest BCUT2D eigenvalue weighted by molar-refractivity contribution is -0.141. The molecule has 0 saturated carbocycles. The Bertz CT molecular complexity index is 772. The van der Waals surface area contributed by atoms with Crippen LogP contribution in [0.1, 0.15) is 20.3 Å². The van der Waals surface area contributed by atoms with E-state index in [1.165, 1.54) is 38.2 Å². The Morgan fingerprint density at radius 2 is 1.67 bits per heavy atom. The summed E-state index contributed by atoms with van der Waals surface area (Å²) in [6.45, 7) is 3.34. The Kier molecular flexibility index (Phi) is 6.90. The molecule has 1 unspecified atom stereocenters. The first kappa shape index (κ1) is 20.6. The van der Waals surface area contributed by atoms with Crippen molar-refractivity contribution in [2.45, 2.75) is 30.1 Å². The summed E-state index contributed by atoms with van der Waals surface area (Å²) in [5, 5.41) is 8.87. The van der Waals surface area contributed by atoms with Gasteiger partial charge in [-0.1, -0.05) is 13.8 Å². The number of carboxylic acids is 1. The maximum Gasteiger partial charge on any atom is 0.307 e. The van der Waals surface area contributed by atoms with Gasteiger partial charge in [0.25, 0.3) is 0 Å². The van der Waals surface area contributed by atoms with Crippen LogP contribution in [0.5, 0.6) is 0 Å². The predicted molar refractivity (Wildman–Crippen MR) is 88.5 cm³/mol. The van der Waals surface area contributed by atoms with Gasteiger partial charge in [-0.05, 0) is 30.7 Å². The first-order valence-electron chi connectivity index (χ1n) is 7.31. The van der Waals surface area contributed by atoms with Gasteiger partial charge < -0.3 is 5.11 Å². The first-order valence-corrected chi connectivity index (χ1v) is 10.2. The van der Waals surface area contributed by atoms with Crippen molar-refractivity contribution in [3.63, 3.8) is 0 Å². The van der Waals surface area contributed by atoms with Gasteiger partial charge >= 0.3 is 5.97 Å². The monoisotopic (exact) mass is 378 g/mol. The van der Waals surface area contributed by atoms with E-state index in [9.17, 15) is 21.6 Å². The van der Waals surface area contributed by atoms with Crippen molar-refractivity contribution in [2.24, 2.45) is 5.92 Å². The molecule has 24 heavy (non-hydrogen) atoms. The zero-order valence-corrected chi connectivity index (χ0v) is 15.4. The van der Waals surface area contributed by atoms with E-state index in [0.717, 1.165) is 4.31 Å². The number of aliphatic carboxylic acids is 1. The van der Waals surface area contributed by atoms with Crippen molar-refractivity contribution in [1.82, 2.24) is 9.03 Å². The van der Waals surface area contributed by atoms with Gasteiger partial charge in [-0.3, -0.25) is 4.79 Å². The van der Waals surface area contributed by atoms with E-state index in [-0.39, 0.29) is 22.9 Å². The third kappa shape index (κ3) is 5.00. The van der Waals surface area contributed by atoms with Crippen molar-refractivity contribution < 1.29 is 26.7 Å². The maximum atomic E-state index is 12.4. The number of nitrogens with one attached hydrogen (secondary N) is 1. The molecule has 1 atom stereocenters. The minimum Gasteiger partial charge on any atom is -0.481 e. The molecule has 0 heterocycles. The zero-order chi connectivity index (χ0) is 18.5. The predicted octanol–water partition coefficient (Wildman–Crippen LogP) is 0.716.